The van der Waals surface area contributed by atoms with E-state index in [1.54, 1.807) is 0 Å². The van der Waals surface area contributed by atoms with Crippen LogP contribution in [0.3, 0.4) is 0 Å². The Kier molecular flexibility index (Phi) is 3.72. The lowest BCUT2D eigenvalue weighted by Crippen LogP contribution is -2.47. The number of piperidine rings is 1. The Balaban J connectivity index is 1.63. The Morgan fingerprint density at radius 1 is 1.00 bits per heavy atom. The summed E-state index contributed by atoms with van der Waals surface area (Å²) in [4.78, 5) is 22.8. The van der Waals surface area contributed by atoms with Crippen LogP contribution in [0.1, 0.15) is 50.0 Å². The van der Waals surface area contributed by atoms with Gasteiger partial charge in [-0.05, 0) is 42.9 Å². The first kappa shape index (κ1) is 13.2. The molecule has 1 aromatic rings. The molecule has 1 saturated heterocycles. The summed E-state index contributed by atoms with van der Waals surface area (Å²) in [5.74, 6) is 0.311. The monoisotopic (exact) mass is 272 g/mol. The van der Waals surface area contributed by atoms with Gasteiger partial charge in [-0.3, -0.25) is 14.9 Å². The second-order valence-corrected chi connectivity index (χ2v) is 5.75. The van der Waals surface area contributed by atoms with Crippen LogP contribution in [0, 0.1) is 0 Å². The van der Waals surface area contributed by atoms with Crippen LogP contribution in [-0.4, -0.2) is 17.9 Å². The molecule has 106 valence electrons. The lowest BCUT2D eigenvalue weighted by molar-refractivity contribution is -0.133. The van der Waals surface area contributed by atoms with Gasteiger partial charge in [0.1, 0.15) is 6.04 Å². The molecule has 2 amide bonds. The number of rotatable bonds is 3. The van der Waals surface area contributed by atoms with Gasteiger partial charge in [0.05, 0.1) is 0 Å². The molecule has 2 aliphatic rings. The molecule has 1 saturated carbocycles. The topological polar surface area (TPSA) is 58.2 Å². The van der Waals surface area contributed by atoms with Crippen LogP contribution in [0.25, 0.3) is 0 Å². The van der Waals surface area contributed by atoms with Crippen LogP contribution in [0.5, 0.6) is 0 Å². The summed E-state index contributed by atoms with van der Waals surface area (Å²) in [7, 11) is 0. The highest BCUT2D eigenvalue weighted by Crippen LogP contribution is 2.34. The van der Waals surface area contributed by atoms with E-state index in [4.69, 9.17) is 0 Å². The van der Waals surface area contributed by atoms with Crippen molar-refractivity contribution in [3.05, 3.63) is 29.8 Å². The zero-order valence-electron chi connectivity index (χ0n) is 11.5. The second-order valence-electron chi connectivity index (χ2n) is 5.75. The summed E-state index contributed by atoms with van der Waals surface area (Å²) in [6.07, 6.45) is 6.22. The summed E-state index contributed by atoms with van der Waals surface area (Å²) >= 11 is 0. The molecule has 0 spiro atoms. The maximum atomic E-state index is 11.7. The van der Waals surface area contributed by atoms with E-state index in [1.165, 1.54) is 31.2 Å². The molecule has 1 atom stereocenters. The number of hydrogen-bond donors (Lipinski definition) is 2. The summed E-state index contributed by atoms with van der Waals surface area (Å²) in [5, 5.41) is 5.57. The number of carbonyl (C=O) groups is 2. The number of hydrogen-bond acceptors (Lipinski definition) is 3. The lowest BCUT2D eigenvalue weighted by atomic mass is 9.97. The highest BCUT2D eigenvalue weighted by atomic mass is 16.2. The van der Waals surface area contributed by atoms with Gasteiger partial charge in [-0.1, -0.05) is 25.0 Å². The predicted molar refractivity (Wildman–Crippen MR) is 77.4 cm³/mol. The zero-order valence-corrected chi connectivity index (χ0v) is 11.5. The molecule has 2 N–H and O–H groups in total. The molecule has 1 heterocycles. The molecule has 3 rings (SSSR count). The van der Waals surface area contributed by atoms with Crippen LogP contribution in [-0.2, 0) is 9.59 Å². The smallest absolute Gasteiger partial charge is 0.249 e. The van der Waals surface area contributed by atoms with Crippen LogP contribution < -0.4 is 10.6 Å². The molecular weight excluding hydrogens is 252 g/mol. The van der Waals surface area contributed by atoms with E-state index in [1.807, 2.05) is 12.1 Å². The SMILES string of the molecule is O=C1CCC(Nc2ccc(C3CCCC3)cc2)C(=O)N1. The molecule has 20 heavy (non-hydrogen) atoms. The van der Waals surface area contributed by atoms with Gasteiger partial charge in [-0.25, -0.2) is 0 Å². The number of imide groups is 1. The molecule has 1 unspecified atom stereocenters. The number of carbonyl (C=O) groups excluding carboxylic acids is 2. The van der Waals surface area contributed by atoms with Crippen molar-refractivity contribution in [1.29, 1.82) is 0 Å². The van der Waals surface area contributed by atoms with Crippen molar-refractivity contribution in [3.63, 3.8) is 0 Å². The van der Waals surface area contributed by atoms with Gasteiger partial charge in [-0.15, -0.1) is 0 Å². The highest BCUT2D eigenvalue weighted by molar-refractivity contribution is 6.01. The quantitative estimate of drug-likeness (QED) is 0.831. The van der Waals surface area contributed by atoms with Crippen LogP contribution in [0.15, 0.2) is 24.3 Å². The summed E-state index contributed by atoms with van der Waals surface area (Å²) in [5.41, 5.74) is 2.34. The number of benzene rings is 1. The third kappa shape index (κ3) is 2.84. The van der Waals surface area contributed by atoms with Gasteiger partial charge < -0.3 is 5.32 Å². The van der Waals surface area contributed by atoms with Crippen molar-refractivity contribution in [3.8, 4) is 0 Å². The molecule has 0 bridgehead atoms. The van der Waals surface area contributed by atoms with Crippen LogP contribution >= 0.6 is 0 Å². The predicted octanol–water partition coefficient (Wildman–Crippen LogP) is 2.56. The molecule has 1 aliphatic heterocycles. The maximum Gasteiger partial charge on any atom is 0.249 e. The van der Waals surface area contributed by atoms with Crippen molar-refractivity contribution in [2.24, 2.45) is 0 Å². The van der Waals surface area contributed by atoms with E-state index in [0.29, 0.717) is 18.8 Å². The Morgan fingerprint density at radius 2 is 1.70 bits per heavy atom. The molecule has 4 heteroatoms. The van der Waals surface area contributed by atoms with Gasteiger partial charge in [0.25, 0.3) is 0 Å². The second kappa shape index (κ2) is 5.65. The average Bonchev–Trinajstić information content (AvgIpc) is 2.97. The third-order valence-electron chi connectivity index (χ3n) is 4.32. The first-order chi connectivity index (χ1) is 9.72. The number of amides is 2. The van der Waals surface area contributed by atoms with Crippen LogP contribution in [0.4, 0.5) is 5.69 Å². The largest absolute Gasteiger partial charge is 0.374 e. The molecule has 4 nitrogen and oxygen atoms in total. The van der Waals surface area contributed by atoms with Crippen molar-refractivity contribution < 1.29 is 9.59 Å². The maximum absolute atomic E-state index is 11.7. The van der Waals surface area contributed by atoms with E-state index in [9.17, 15) is 9.59 Å². The fraction of sp³-hybridized carbons (Fsp3) is 0.500. The van der Waals surface area contributed by atoms with E-state index < -0.39 is 0 Å². The average molecular weight is 272 g/mol. The van der Waals surface area contributed by atoms with Gasteiger partial charge in [0.15, 0.2) is 0 Å². The first-order valence-electron chi connectivity index (χ1n) is 7.42. The fourth-order valence-electron chi connectivity index (χ4n) is 3.14. The van der Waals surface area contributed by atoms with E-state index in [2.05, 4.69) is 22.8 Å². The molecule has 2 fully saturated rings. The highest BCUT2D eigenvalue weighted by Gasteiger charge is 2.26. The normalized spacial score (nSPS) is 23.7. The minimum absolute atomic E-state index is 0.176. The van der Waals surface area contributed by atoms with Gasteiger partial charge in [-0.2, -0.15) is 0 Å². The Hall–Kier alpha value is -1.84. The molecular formula is C16H20N2O2. The fourth-order valence-corrected chi connectivity index (χ4v) is 3.14. The Bertz CT molecular complexity index is 504. The van der Waals surface area contributed by atoms with Crippen molar-refractivity contribution in [2.75, 3.05) is 5.32 Å². The summed E-state index contributed by atoms with van der Waals surface area (Å²) < 4.78 is 0. The van der Waals surface area contributed by atoms with Gasteiger partial charge in [0, 0.05) is 12.1 Å². The van der Waals surface area contributed by atoms with Gasteiger partial charge >= 0.3 is 0 Å². The Labute approximate surface area is 118 Å². The first-order valence-corrected chi connectivity index (χ1v) is 7.42. The van der Waals surface area contributed by atoms with Crippen molar-refractivity contribution in [1.82, 2.24) is 5.32 Å². The van der Waals surface area contributed by atoms with Crippen molar-refractivity contribution in [2.45, 2.75) is 50.5 Å². The summed E-state index contributed by atoms with van der Waals surface area (Å²) in [6.45, 7) is 0. The molecule has 1 aliphatic carbocycles. The number of anilines is 1. The molecule has 1 aromatic carbocycles. The Morgan fingerprint density at radius 3 is 2.35 bits per heavy atom. The van der Waals surface area contributed by atoms with E-state index >= 15 is 0 Å². The third-order valence-corrected chi connectivity index (χ3v) is 4.32. The van der Waals surface area contributed by atoms with E-state index in [0.717, 1.165) is 5.69 Å². The zero-order chi connectivity index (χ0) is 13.9. The van der Waals surface area contributed by atoms with Crippen LogP contribution in [0.2, 0.25) is 0 Å². The minimum Gasteiger partial charge on any atom is -0.374 e. The summed E-state index contributed by atoms with van der Waals surface area (Å²) in [6, 6.07) is 8.09. The van der Waals surface area contributed by atoms with Gasteiger partial charge in [0.2, 0.25) is 11.8 Å². The van der Waals surface area contributed by atoms with Crippen molar-refractivity contribution >= 4 is 17.5 Å². The standard InChI is InChI=1S/C16H20N2O2/c19-15-10-9-14(16(20)18-15)17-13-7-5-12(6-8-13)11-3-1-2-4-11/h5-8,11,14,17H,1-4,9-10H2,(H,18,19,20). The molecule has 0 aromatic heterocycles. The lowest BCUT2D eigenvalue weighted by Gasteiger charge is -2.23. The van der Waals surface area contributed by atoms with E-state index in [-0.39, 0.29) is 17.9 Å². The molecule has 0 radical (unpaired) electrons. The number of nitrogens with one attached hydrogen (secondary N) is 2. The minimum atomic E-state index is -0.301.